The number of hydrogen-bond donors (Lipinski definition) is 0. The molecule has 2 heterocycles. The largest absolute Gasteiger partial charge is 0.256 e. The van der Waals surface area contributed by atoms with Crippen LogP contribution in [0.5, 0.6) is 0 Å². The van der Waals surface area contributed by atoms with Gasteiger partial charge in [-0.25, -0.2) is 8.42 Å². The summed E-state index contributed by atoms with van der Waals surface area (Å²) >= 11 is 0. The van der Waals surface area contributed by atoms with Crippen LogP contribution in [-0.4, -0.2) is 13.4 Å². The average Bonchev–Trinajstić information content (AvgIpc) is 2.95. The van der Waals surface area contributed by atoms with Crippen molar-refractivity contribution in [1.29, 1.82) is 5.26 Å². The standard InChI is InChI=1S/C33H24N2O2S/c1-33(2,21-34)25-19-24-11-8-16-35-32(24)28(20-25)23-10-7-9-22(17-23)18-29-26-12-3-5-14-30(26)38(36,37)31-15-6-4-13-27(29)31/h3-20H,1-2H3. The smallest absolute Gasteiger partial charge is 0.207 e. The summed E-state index contributed by atoms with van der Waals surface area (Å²) < 4.78 is 26.7. The predicted molar refractivity (Wildman–Crippen MR) is 151 cm³/mol. The van der Waals surface area contributed by atoms with Crippen LogP contribution in [0.1, 0.15) is 36.1 Å². The summed E-state index contributed by atoms with van der Waals surface area (Å²) in [5.41, 5.74) is 6.27. The number of benzene rings is 4. The van der Waals surface area contributed by atoms with Crippen LogP contribution in [0.15, 0.2) is 113 Å². The third-order valence-corrected chi connectivity index (χ3v) is 9.02. The van der Waals surface area contributed by atoms with Gasteiger partial charge >= 0.3 is 0 Å². The molecular formula is C33H24N2O2S. The Morgan fingerprint density at radius 1 is 0.789 bits per heavy atom. The second kappa shape index (κ2) is 8.79. The summed E-state index contributed by atoms with van der Waals surface area (Å²) in [7, 11) is -3.60. The highest BCUT2D eigenvalue weighted by Crippen LogP contribution is 2.42. The van der Waals surface area contributed by atoms with E-state index in [1.807, 2.05) is 74.5 Å². The van der Waals surface area contributed by atoms with Crippen LogP contribution in [0.4, 0.5) is 0 Å². The molecule has 184 valence electrons. The third-order valence-electron chi connectivity index (χ3n) is 7.15. The Balaban J connectivity index is 1.56. The molecule has 0 bridgehead atoms. The molecule has 4 nitrogen and oxygen atoms in total. The maximum Gasteiger partial charge on any atom is 0.207 e. The molecule has 0 atom stereocenters. The molecular weight excluding hydrogens is 488 g/mol. The molecule has 0 saturated carbocycles. The Labute approximate surface area is 222 Å². The molecule has 0 aliphatic carbocycles. The van der Waals surface area contributed by atoms with Crippen molar-refractivity contribution in [3.05, 3.63) is 126 Å². The van der Waals surface area contributed by atoms with Crippen LogP contribution in [0.25, 0.3) is 33.7 Å². The number of nitrogens with zero attached hydrogens (tertiary/aromatic N) is 2. The lowest BCUT2D eigenvalue weighted by atomic mass is 9.83. The van der Waals surface area contributed by atoms with Gasteiger partial charge < -0.3 is 0 Å². The fourth-order valence-corrected chi connectivity index (χ4v) is 6.75. The van der Waals surface area contributed by atoms with E-state index in [1.165, 1.54) is 0 Å². The van der Waals surface area contributed by atoms with Gasteiger partial charge in [-0.1, -0.05) is 60.7 Å². The van der Waals surface area contributed by atoms with Crippen molar-refractivity contribution in [2.24, 2.45) is 0 Å². The second-order valence-electron chi connectivity index (χ2n) is 10.0. The van der Waals surface area contributed by atoms with Crippen molar-refractivity contribution >= 4 is 32.4 Å². The zero-order valence-electron chi connectivity index (χ0n) is 21.0. The van der Waals surface area contributed by atoms with Gasteiger partial charge in [0, 0.05) is 28.3 Å². The first-order valence-corrected chi connectivity index (χ1v) is 13.8. The Kier molecular flexibility index (Phi) is 5.52. The molecule has 0 fully saturated rings. The molecule has 38 heavy (non-hydrogen) atoms. The molecule has 0 saturated heterocycles. The molecule has 1 aromatic heterocycles. The van der Waals surface area contributed by atoms with E-state index in [2.05, 4.69) is 29.3 Å². The Morgan fingerprint density at radius 2 is 1.47 bits per heavy atom. The summed E-state index contributed by atoms with van der Waals surface area (Å²) in [6.07, 6.45) is 3.83. The molecule has 0 amide bonds. The summed E-state index contributed by atoms with van der Waals surface area (Å²) in [4.78, 5) is 5.31. The van der Waals surface area contributed by atoms with Crippen LogP contribution < -0.4 is 0 Å². The molecule has 5 aromatic rings. The van der Waals surface area contributed by atoms with Gasteiger partial charge in [0.1, 0.15) is 0 Å². The molecule has 1 aliphatic rings. The molecule has 5 heteroatoms. The first-order chi connectivity index (χ1) is 18.3. The van der Waals surface area contributed by atoms with Gasteiger partial charge in [-0.2, -0.15) is 5.26 Å². The number of hydrogen-bond acceptors (Lipinski definition) is 4. The summed E-state index contributed by atoms with van der Waals surface area (Å²) in [6.45, 7) is 3.84. The summed E-state index contributed by atoms with van der Waals surface area (Å²) in [5, 5.41) is 10.8. The SMILES string of the molecule is CC(C)(C#N)c1cc(-c2cccc(C=C3c4ccccc4S(=O)(=O)c4ccccc43)c2)c2ncccc2c1. The Morgan fingerprint density at radius 3 is 2.16 bits per heavy atom. The second-order valence-corrected chi connectivity index (χ2v) is 11.9. The van der Waals surface area contributed by atoms with Gasteiger partial charge in [-0.05, 0) is 78.6 Å². The number of nitriles is 1. The average molecular weight is 513 g/mol. The molecule has 1 aliphatic heterocycles. The van der Waals surface area contributed by atoms with E-state index in [0.717, 1.165) is 38.7 Å². The number of pyridine rings is 1. The zero-order chi connectivity index (χ0) is 26.5. The first kappa shape index (κ1) is 23.8. The number of aromatic nitrogens is 1. The highest BCUT2D eigenvalue weighted by Gasteiger charge is 2.31. The molecule has 0 unspecified atom stereocenters. The third kappa shape index (κ3) is 3.82. The van der Waals surface area contributed by atoms with E-state index in [9.17, 15) is 13.7 Å². The van der Waals surface area contributed by atoms with Gasteiger partial charge in [0.25, 0.3) is 0 Å². The lowest BCUT2D eigenvalue weighted by molar-refractivity contribution is 0.594. The van der Waals surface area contributed by atoms with Crippen LogP contribution in [0.3, 0.4) is 0 Å². The monoisotopic (exact) mass is 512 g/mol. The van der Waals surface area contributed by atoms with Gasteiger partial charge in [0.15, 0.2) is 0 Å². The molecule has 0 N–H and O–H groups in total. The minimum absolute atomic E-state index is 0.322. The topological polar surface area (TPSA) is 70.8 Å². The van der Waals surface area contributed by atoms with Crippen LogP contribution >= 0.6 is 0 Å². The molecule has 4 aromatic carbocycles. The predicted octanol–water partition coefficient (Wildman–Crippen LogP) is 7.44. The van der Waals surface area contributed by atoms with Crippen molar-refractivity contribution in [2.45, 2.75) is 29.1 Å². The quantitative estimate of drug-likeness (QED) is 0.247. The first-order valence-electron chi connectivity index (χ1n) is 12.4. The molecule has 6 rings (SSSR count). The molecule has 0 radical (unpaired) electrons. The Hall–Kier alpha value is -4.53. The van der Waals surface area contributed by atoms with E-state index in [1.54, 1.807) is 30.5 Å². The van der Waals surface area contributed by atoms with Gasteiger partial charge in [0.2, 0.25) is 9.84 Å². The lowest BCUT2D eigenvalue weighted by Crippen LogP contribution is -2.14. The van der Waals surface area contributed by atoms with Crippen LogP contribution in [0, 0.1) is 11.3 Å². The summed E-state index contributed by atoms with van der Waals surface area (Å²) in [5.74, 6) is 0. The van der Waals surface area contributed by atoms with Crippen molar-refractivity contribution in [2.75, 3.05) is 0 Å². The minimum Gasteiger partial charge on any atom is -0.256 e. The van der Waals surface area contributed by atoms with Gasteiger partial charge in [-0.3, -0.25) is 4.98 Å². The van der Waals surface area contributed by atoms with Crippen LogP contribution in [0.2, 0.25) is 0 Å². The zero-order valence-corrected chi connectivity index (χ0v) is 21.8. The lowest BCUT2D eigenvalue weighted by Gasteiger charge is -2.22. The highest BCUT2D eigenvalue weighted by atomic mass is 32.2. The van der Waals surface area contributed by atoms with E-state index in [4.69, 9.17) is 0 Å². The number of fused-ring (bicyclic) bond motifs is 3. The van der Waals surface area contributed by atoms with Gasteiger partial charge in [-0.15, -0.1) is 0 Å². The van der Waals surface area contributed by atoms with E-state index in [-0.39, 0.29) is 0 Å². The fraction of sp³-hybridized carbons (Fsp3) is 0.0909. The molecule has 0 spiro atoms. The van der Waals surface area contributed by atoms with Gasteiger partial charge in [0.05, 0.1) is 26.8 Å². The number of sulfone groups is 1. The van der Waals surface area contributed by atoms with E-state index in [0.29, 0.717) is 20.9 Å². The maximum atomic E-state index is 13.3. The van der Waals surface area contributed by atoms with Crippen molar-refractivity contribution in [3.8, 4) is 17.2 Å². The number of rotatable bonds is 3. The van der Waals surface area contributed by atoms with E-state index < -0.39 is 15.3 Å². The van der Waals surface area contributed by atoms with Crippen molar-refractivity contribution in [1.82, 2.24) is 4.98 Å². The maximum absolute atomic E-state index is 13.3. The van der Waals surface area contributed by atoms with E-state index >= 15 is 0 Å². The normalized spacial score (nSPS) is 13.9. The Bertz CT molecular complexity index is 1870. The highest BCUT2D eigenvalue weighted by molar-refractivity contribution is 7.91. The summed E-state index contributed by atoms with van der Waals surface area (Å²) in [6, 6.07) is 32.9. The fourth-order valence-electron chi connectivity index (χ4n) is 5.07. The van der Waals surface area contributed by atoms with Crippen molar-refractivity contribution < 1.29 is 8.42 Å². The minimum atomic E-state index is -3.60. The van der Waals surface area contributed by atoms with Crippen LogP contribution in [-0.2, 0) is 15.3 Å². The van der Waals surface area contributed by atoms with Crippen molar-refractivity contribution in [3.63, 3.8) is 0 Å².